The molecule has 0 N–H and O–H groups in total. The lowest BCUT2D eigenvalue weighted by molar-refractivity contribution is 0.639. The Labute approximate surface area is 343 Å². The molecule has 280 valence electrons. The van der Waals surface area contributed by atoms with Gasteiger partial charge in [-0.1, -0.05) is 186 Å². The van der Waals surface area contributed by atoms with Gasteiger partial charge < -0.3 is 4.90 Å². The first-order valence-electron chi connectivity index (χ1n) is 20.5. The van der Waals surface area contributed by atoms with E-state index in [1.54, 1.807) is 0 Å². The van der Waals surface area contributed by atoms with Crippen molar-refractivity contribution in [2.75, 3.05) is 4.90 Å². The van der Waals surface area contributed by atoms with Crippen molar-refractivity contribution in [1.82, 2.24) is 0 Å². The second-order valence-electron chi connectivity index (χ2n) is 16.9. The van der Waals surface area contributed by atoms with Crippen LogP contribution < -0.4 is 4.90 Å². The van der Waals surface area contributed by atoms with Crippen LogP contribution in [0.2, 0.25) is 0 Å². The molecular weight excluding hydrogens is 699 g/mol. The Bertz CT molecular complexity index is 2920. The first kappa shape index (κ1) is 35.7. The Balaban J connectivity index is 1.28. The Kier molecular flexibility index (Phi) is 8.28. The third kappa shape index (κ3) is 5.23. The van der Waals surface area contributed by atoms with Gasteiger partial charge in [0.1, 0.15) is 0 Å². The Morgan fingerprint density at radius 3 is 1.69 bits per heavy atom. The lowest BCUT2D eigenvalue weighted by atomic mass is 9.73. The molecule has 0 bridgehead atoms. The molecule has 0 amide bonds. The number of fused-ring (bicyclic) bond motifs is 9. The predicted octanol–water partition coefficient (Wildman–Crippen LogP) is 15.7. The second-order valence-corrected chi connectivity index (χ2v) is 16.9. The lowest BCUT2D eigenvalue weighted by Crippen LogP contribution is -2.28. The monoisotopic (exact) mass is 745 g/mol. The van der Waals surface area contributed by atoms with Crippen molar-refractivity contribution in [3.63, 3.8) is 0 Å². The third-order valence-electron chi connectivity index (χ3n) is 12.9. The maximum Gasteiger partial charge on any atom is 0.0556 e. The molecule has 10 rings (SSSR count). The van der Waals surface area contributed by atoms with Gasteiger partial charge >= 0.3 is 0 Å². The molecule has 1 nitrogen and oxygen atoms in total. The van der Waals surface area contributed by atoms with Crippen LogP contribution >= 0.6 is 0 Å². The van der Waals surface area contributed by atoms with Gasteiger partial charge in [-0.05, 0) is 126 Å². The topological polar surface area (TPSA) is 3.24 Å². The maximum atomic E-state index is 4.41. The van der Waals surface area contributed by atoms with Crippen molar-refractivity contribution in [1.29, 1.82) is 0 Å². The zero-order valence-electron chi connectivity index (χ0n) is 34.0. The van der Waals surface area contributed by atoms with Crippen LogP contribution in [-0.4, -0.2) is 0 Å². The van der Waals surface area contributed by atoms with E-state index in [4.69, 9.17) is 0 Å². The molecule has 0 saturated carbocycles. The highest BCUT2D eigenvalue weighted by Crippen LogP contribution is 2.65. The molecule has 0 saturated heterocycles. The molecule has 0 spiro atoms. The summed E-state index contributed by atoms with van der Waals surface area (Å²) in [7, 11) is 0. The Hall–Kier alpha value is -6.70. The molecule has 2 aliphatic rings. The van der Waals surface area contributed by atoms with E-state index >= 15 is 0 Å². The second kappa shape index (κ2) is 13.5. The third-order valence-corrected chi connectivity index (χ3v) is 12.9. The van der Waals surface area contributed by atoms with Crippen LogP contribution in [0.1, 0.15) is 56.9 Å². The summed E-state index contributed by atoms with van der Waals surface area (Å²) in [5, 5.41) is 5.11. The van der Waals surface area contributed by atoms with Gasteiger partial charge in [-0.3, -0.25) is 0 Å². The molecular formula is C57H47N. The van der Waals surface area contributed by atoms with Crippen LogP contribution in [-0.2, 0) is 10.8 Å². The number of anilines is 2. The predicted molar refractivity (Wildman–Crippen MR) is 249 cm³/mol. The van der Waals surface area contributed by atoms with Crippen LogP contribution in [0.25, 0.3) is 66.1 Å². The average molecular weight is 746 g/mol. The van der Waals surface area contributed by atoms with E-state index < -0.39 is 0 Å². The van der Waals surface area contributed by atoms with E-state index in [1.807, 2.05) is 6.08 Å². The van der Waals surface area contributed by atoms with E-state index in [9.17, 15) is 0 Å². The standard InChI is InChI=1S/C57H47N/c1-7-9-20-42(8-2)58(43-21-11-10-12-22-43)55-53-51(46-24-15-17-26-48(46)56(53,3)4)50(52-47-25-16-18-27-49(47)57(5,6)54(52)55)39-31-28-37(29-32-39)40-34-35-45-41(36-40)33-30-38-19-13-14-23-44(38)45/h7-36H,2H2,1,3-6H3/b9-7-,42-20+. The number of hydrogen-bond donors (Lipinski definition) is 0. The van der Waals surface area contributed by atoms with Gasteiger partial charge in [-0.25, -0.2) is 0 Å². The first-order chi connectivity index (χ1) is 28.2. The zero-order valence-corrected chi connectivity index (χ0v) is 34.0. The summed E-state index contributed by atoms with van der Waals surface area (Å²) in [6.07, 6.45) is 8.43. The normalized spacial score (nSPS) is 14.7. The number of rotatable bonds is 7. The van der Waals surface area contributed by atoms with Gasteiger partial charge in [-0.2, -0.15) is 0 Å². The highest BCUT2D eigenvalue weighted by Gasteiger charge is 2.48. The van der Waals surface area contributed by atoms with Gasteiger partial charge in [0.05, 0.1) is 5.69 Å². The average Bonchev–Trinajstić information content (AvgIpc) is 3.65. The fraction of sp³-hybridized carbons (Fsp3) is 0.123. The van der Waals surface area contributed by atoms with Gasteiger partial charge in [0, 0.05) is 22.2 Å². The zero-order chi connectivity index (χ0) is 39.8. The number of para-hydroxylation sites is 1. The summed E-state index contributed by atoms with van der Waals surface area (Å²) in [6, 6.07) is 58.5. The molecule has 0 aliphatic heterocycles. The number of nitrogens with zero attached hydrogens (tertiary/aromatic N) is 1. The molecule has 1 heteroatoms. The summed E-state index contributed by atoms with van der Waals surface area (Å²) < 4.78 is 0. The van der Waals surface area contributed by atoms with Crippen LogP contribution in [0.3, 0.4) is 0 Å². The largest absolute Gasteiger partial charge is 0.310 e. The molecule has 0 heterocycles. The van der Waals surface area contributed by atoms with E-state index in [0.717, 1.165) is 11.4 Å². The molecule has 8 aromatic carbocycles. The summed E-state index contributed by atoms with van der Waals surface area (Å²) in [5.41, 5.74) is 18.4. The fourth-order valence-corrected chi connectivity index (χ4v) is 10.2. The van der Waals surface area contributed by atoms with Crippen molar-refractivity contribution in [3.05, 3.63) is 217 Å². The molecule has 58 heavy (non-hydrogen) atoms. The van der Waals surface area contributed by atoms with Crippen molar-refractivity contribution in [2.24, 2.45) is 0 Å². The van der Waals surface area contributed by atoms with E-state index in [0.29, 0.717) is 0 Å². The minimum Gasteiger partial charge on any atom is -0.310 e. The maximum absolute atomic E-state index is 4.41. The van der Waals surface area contributed by atoms with Crippen molar-refractivity contribution in [2.45, 2.75) is 45.4 Å². The van der Waals surface area contributed by atoms with Crippen molar-refractivity contribution < 1.29 is 0 Å². The molecule has 0 radical (unpaired) electrons. The minimum absolute atomic E-state index is 0.301. The molecule has 8 aromatic rings. The molecule has 0 atom stereocenters. The van der Waals surface area contributed by atoms with Crippen LogP contribution in [0.4, 0.5) is 11.4 Å². The number of benzene rings is 8. The van der Waals surface area contributed by atoms with E-state index in [1.165, 1.54) is 94.0 Å². The summed E-state index contributed by atoms with van der Waals surface area (Å²) >= 11 is 0. The van der Waals surface area contributed by atoms with Crippen LogP contribution in [0.5, 0.6) is 0 Å². The van der Waals surface area contributed by atoms with Gasteiger partial charge in [0.25, 0.3) is 0 Å². The lowest BCUT2D eigenvalue weighted by Gasteiger charge is -2.38. The number of allylic oxidation sites excluding steroid dienone is 4. The van der Waals surface area contributed by atoms with Crippen molar-refractivity contribution in [3.8, 4) is 44.5 Å². The fourth-order valence-electron chi connectivity index (χ4n) is 10.2. The molecule has 0 unspecified atom stereocenters. The summed E-state index contributed by atoms with van der Waals surface area (Å²) in [6.45, 7) is 16.2. The Morgan fingerprint density at radius 2 is 1.05 bits per heavy atom. The van der Waals surface area contributed by atoms with Crippen molar-refractivity contribution >= 4 is 32.9 Å². The van der Waals surface area contributed by atoms with E-state index in [2.05, 4.69) is 222 Å². The Morgan fingerprint density at radius 1 is 0.517 bits per heavy atom. The van der Waals surface area contributed by atoms with Crippen LogP contribution in [0, 0.1) is 0 Å². The van der Waals surface area contributed by atoms with Gasteiger partial charge in [-0.15, -0.1) is 0 Å². The first-order valence-corrected chi connectivity index (χ1v) is 20.5. The number of hydrogen-bond acceptors (Lipinski definition) is 1. The molecule has 2 aliphatic carbocycles. The summed E-state index contributed by atoms with van der Waals surface area (Å²) in [5.74, 6) is 0. The smallest absolute Gasteiger partial charge is 0.0556 e. The highest BCUT2D eigenvalue weighted by atomic mass is 15.2. The minimum atomic E-state index is -0.301. The molecule has 0 aromatic heterocycles. The van der Waals surface area contributed by atoms with E-state index in [-0.39, 0.29) is 10.8 Å². The molecule has 0 fully saturated rings. The quantitative estimate of drug-likeness (QED) is 0.116. The van der Waals surface area contributed by atoms with Gasteiger partial charge in [0.2, 0.25) is 0 Å². The SMILES string of the molecule is C=C/C(=C\C=C/C)N(c1ccccc1)c1c2c(c(-c3ccc(-c4ccc5c(ccc6ccccc65)c4)cc3)c3c1C(C)(C)c1ccccc1-3)-c1ccccc1C2(C)C. The van der Waals surface area contributed by atoms with Gasteiger partial charge in [0.15, 0.2) is 0 Å². The van der Waals surface area contributed by atoms with Crippen LogP contribution in [0.15, 0.2) is 194 Å². The highest BCUT2D eigenvalue weighted by molar-refractivity contribution is 6.10. The summed E-state index contributed by atoms with van der Waals surface area (Å²) in [4.78, 5) is 2.49.